The summed E-state index contributed by atoms with van der Waals surface area (Å²) in [4.78, 5) is 12.3. The van der Waals surface area contributed by atoms with E-state index in [2.05, 4.69) is 0 Å². The normalized spacial score (nSPS) is 16.1. The van der Waals surface area contributed by atoms with Crippen molar-refractivity contribution in [2.75, 3.05) is 24.6 Å². The lowest BCUT2D eigenvalue weighted by Gasteiger charge is -2.28. The molecule has 0 saturated heterocycles. The second kappa shape index (κ2) is 9.11. The third kappa shape index (κ3) is 5.07. The van der Waals surface area contributed by atoms with Crippen LogP contribution < -0.4 is 9.04 Å². The molecular weight excluding hydrogens is 430 g/mol. The van der Waals surface area contributed by atoms with E-state index in [-0.39, 0.29) is 18.1 Å². The molecule has 7 nitrogen and oxygen atoms in total. The van der Waals surface area contributed by atoms with Crippen molar-refractivity contribution in [1.82, 2.24) is 0 Å². The number of carbonyl (C=O) groups excluding carboxylic acids is 1. The van der Waals surface area contributed by atoms with Crippen LogP contribution in [-0.4, -0.2) is 46.4 Å². The molecule has 3 rings (SSSR count). The smallest absolute Gasteiger partial charge is 0.332 e. The zero-order valence-corrected chi connectivity index (χ0v) is 20.3. The van der Waals surface area contributed by atoms with Crippen LogP contribution in [0.3, 0.4) is 0 Å². The average molecular weight is 462 g/mol. The van der Waals surface area contributed by atoms with E-state index >= 15 is 0 Å². The van der Waals surface area contributed by atoms with E-state index in [9.17, 15) is 13.2 Å². The molecule has 2 aromatic rings. The van der Waals surface area contributed by atoms with Crippen LogP contribution in [0.4, 0.5) is 5.69 Å². The molecule has 0 aliphatic carbocycles. The first-order valence-corrected chi connectivity index (χ1v) is 11.9. The Kier molecular flexibility index (Phi) is 6.86. The summed E-state index contributed by atoms with van der Waals surface area (Å²) in [5, 5.41) is 0. The number of rotatable bonds is 7. The highest BCUT2D eigenvalue weighted by Crippen LogP contribution is 2.39. The minimum atomic E-state index is -3.89. The molecule has 0 spiro atoms. The monoisotopic (exact) mass is 461 g/mol. The third-order valence-corrected chi connectivity index (χ3v) is 7.33. The summed E-state index contributed by atoms with van der Waals surface area (Å²) >= 11 is 0. The van der Waals surface area contributed by atoms with Gasteiger partial charge in [-0.3, -0.25) is 4.31 Å². The first kappa shape index (κ1) is 24.1. The van der Waals surface area contributed by atoms with Gasteiger partial charge in [0.25, 0.3) is 10.0 Å². The Morgan fingerprint density at radius 3 is 2.34 bits per heavy atom. The summed E-state index contributed by atoms with van der Waals surface area (Å²) in [6.45, 7) is 8.71. The number of methoxy groups -OCH3 is 1. The van der Waals surface area contributed by atoms with Crippen LogP contribution in [0.1, 0.15) is 37.5 Å². The molecule has 32 heavy (non-hydrogen) atoms. The molecule has 1 aliphatic heterocycles. The second-order valence-corrected chi connectivity index (χ2v) is 10.7. The molecule has 2 aromatic carbocycles. The molecule has 1 aliphatic rings. The molecule has 0 amide bonds. The molecule has 0 unspecified atom stereocenters. The van der Waals surface area contributed by atoms with Crippen molar-refractivity contribution in [2.45, 2.75) is 57.6 Å². The van der Waals surface area contributed by atoms with Crippen molar-refractivity contribution < 1.29 is 27.4 Å². The maximum Gasteiger partial charge on any atom is 0.332 e. The number of sulfonamides is 1. The molecule has 0 bridgehead atoms. The lowest BCUT2D eigenvalue weighted by molar-refractivity contribution is -0.160. The van der Waals surface area contributed by atoms with Gasteiger partial charge >= 0.3 is 5.97 Å². The van der Waals surface area contributed by atoms with E-state index in [4.69, 9.17) is 14.2 Å². The summed E-state index contributed by atoms with van der Waals surface area (Å²) in [6, 6.07) is 10.4. The largest absolute Gasteiger partial charge is 0.497 e. The van der Waals surface area contributed by atoms with Gasteiger partial charge in [-0.15, -0.1) is 0 Å². The van der Waals surface area contributed by atoms with Gasteiger partial charge in [-0.25, -0.2) is 13.2 Å². The van der Waals surface area contributed by atoms with Crippen LogP contribution >= 0.6 is 0 Å². The highest BCUT2D eigenvalue weighted by molar-refractivity contribution is 7.93. The zero-order valence-electron chi connectivity index (χ0n) is 19.5. The van der Waals surface area contributed by atoms with Crippen molar-refractivity contribution in [1.29, 1.82) is 0 Å². The van der Waals surface area contributed by atoms with Crippen LogP contribution in [0, 0.1) is 13.8 Å². The highest BCUT2D eigenvalue weighted by Gasteiger charge is 2.40. The highest BCUT2D eigenvalue weighted by atomic mass is 32.2. The summed E-state index contributed by atoms with van der Waals surface area (Å²) in [5.41, 5.74) is 2.17. The number of nitrogens with zero attached hydrogens (tertiary/aromatic N) is 1. The van der Waals surface area contributed by atoms with Crippen LogP contribution in [0.25, 0.3) is 0 Å². The molecule has 174 valence electrons. The quantitative estimate of drug-likeness (QED) is 0.584. The van der Waals surface area contributed by atoms with Gasteiger partial charge in [0, 0.05) is 0 Å². The summed E-state index contributed by atoms with van der Waals surface area (Å²) in [6.07, 6.45) is 0.498. The number of hydrogen-bond acceptors (Lipinski definition) is 6. The summed E-state index contributed by atoms with van der Waals surface area (Å²) < 4.78 is 45.3. The van der Waals surface area contributed by atoms with Gasteiger partial charge in [0.1, 0.15) is 18.0 Å². The van der Waals surface area contributed by atoms with Gasteiger partial charge in [0.15, 0.2) is 0 Å². The van der Waals surface area contributed by atoms with Crippen LogP contribution in [0.2, 0.25) is 0 Å². The topological polar surface area (TPSA) is 82.1 Å². The first-order valence-electron chi connectivity index (χ1n) is 10.5. The Hall–Kier alpha value is -2.58. The predicted molar refractivity (Wildman–Crippen MR) is 123 cm³/mol. The number of benzene rings is 2. The Bertz CT molecular complexity index is 1080. The minimum Gasteiger partial charge on any atom is -0.497 e. The molecule has 0 radical (unpaired) electrons. The Labute approximate surface area is 190 Å². The number of ether oxygens (including phenoxy) is 3. The number of aryl methyl sites for hydroxylation is 2. The fourth-order valence-corrected chi connectivity index (χ4v) is 6.16. The van der Waals surface area contributed by atoms with Crippen molar-refractivity contribution >= 4 is 21.7 Å². The molecule has 0 saturated carbocycles. The number of esters is 1. The summed E-state index contributed by atoms with van der Waals surface area (Å²) in [5.74, 6) is 0.127. The fourth-order valence-electron chi connectivity index (χ4n) is 4.07. The van der Waals surface area contributed by atoms with E-state index in [1.54, 1.807) is 59.9 Å². The summed E-state index contributed by atoms with van der Waals surface area (Å²) in [7, 11) is -2.33. The van der Waals surface area contributed by atoms with Gasteiger partial charge in [-0.1, -0.05) is 18.2 Å². The number of carbonyl (C=O) groups is 1. The van der Waals surface area contributed by atoms with E-state index < -0.39 is 27.6 Å². The van der Waals surface area contributed by atoms with Crippen LogP contribution in [0.5, 0.6) is 5.75 Å². The van der Waals surface area contributed by atoms with Crippen LogP contribution in [0.15, 0.2) is 41.3 Å². The Balaban J connectivity index is 1.90. The lowest BCUT2D eigenvalue weighted by Crippen LogP contribution is -2.41. The third-order valence-electron chi connectivity index (χ3n) is 5.15. The fraction of sp³-hybridized carbons (Fsp3) is 0.458. The van der Waals surface area contributed by atoms with E-state index in [0.29, 0.717) is 29.0 Å². The average Bonchev–Trinajstić information content (AvgIpc) is 3.04. The number of para-hydroxylation sites is 1. The van der Waals surface area contributed by atoms with Crippen molar-refractivity contribution in [3.05, 3.63) is 53.1 Å². The Morgan fingerprint density at radius 2 is 1.75 bits per heavy atom. The molecule has 1 atom stereocenters. The number of hydrogen-bond donors (Lipinski definition) is 0. The van der Waals surface area contributed by atoms with Crippen LogP contribution in [-0.2, 0) is 30.7 Å². The van der Waals surface area contributed by atoms with Gasteiger partial charge in [0.2, 0.25) is 0 Å². The van der Waals surface area contributed by atoms with Gasteiger partial charge in [-0.05, 0) is 75.9 Å². The zero-order chi connectivity index (χ0) is 23.7. The maximum atomic E-state index is 13.9. The molecular formula is C24H31NO6S. The van der Waals surface area contributed by atoms with Gasteiger partial charge < -0.3 is 14.2 Å². The number of anilines is 1. The van der Waals surface area contributed by atoms with Crippen molar-refractivity contribution in [3.8, 4) is 5.75 Å². The van der Waals surface area contributed by atoms with Crippen molar-refractivity contribution in [3.63, 3.8) is 0 Å². The molecule has 0 aromatic heterocycles. The van der Waals surface area contributed by atoms with E-state index in [1.165, 1.54) is 4.31 Å². The molecule has 8 heteroatoms. The standard InChI is InChI=1S/C24H31NO6S/c1-16-11-20(29-6)12-17(2)23(16)32(27,28)25-19(13-18-9-7-8-10-21(18)25)14-30-15-22(26)31-24(3,4)5/h7-12,19H,13-15H2,1-6H3/t19-/m0/s1. The van der Waals surface area contributed by atoms with E-state index in [0.717, 1.165) is 5.56 Å². The second-order valence-electron chi connectivity index (χ2n) is 8.98. The molecule has 0 N–H and O–H groups in total. The van der Waals surface area contributed by atoms with E-state index in [1.807, 2.05) is 18.2 Å². The Morgan fingerprint density at radius 1 is 1.12 bits per heavy atom. The van der Waals surface area contributed by atoms with Gasteiger partial charge in [0.05, 0.1) is 30.3 Å². The lowest BCUT2D eigenvalue weighted by atomic mass is 10.1. The first-order chi connectivity index (χ1) is 14.9. The SMILES string of the molecule is COc1cc(C)c(S(=O)(=O)N2c3ccccc3C[C@H]2COCC(=O)OC(C)(C)C)c(C)c1. The maximum absolute atomic E-state index is 13.9. The van der Waals surface area contributed by atoms with Gasteiger partial charge in [-0.2, -0.15) is 0 Å². The molecule has 0 fully saturated rings. The van der Waals surface area contributed by atoms with Crippen molar-refractivity contribution in [2.24, 2.45) is 0 Å². The minimum absolute atomic E-state index is 0.0708. The molecule has 1 heterocycles. The number of fused-ring (bicyclic) bond motifs is 1. The predicted octanol–water partition coefficient (Wildman–Crippen LogP) is 3.79.